The highest BCUT2D eigenvalue weighted by Gasteiger charge is 2.42. The highest BCUT2D eigenvalue weighted by molar-refractivity contribution is 6.30. The number of Topliss-reactive ketones (excluding diaryl/α,β-unsaturated/α-hetero) is 1. The van der Waals surface area contributed by atoms with Crippen LogP contribution in [0.1, 0.15) is 43.0 Å². The summed E-state index contributed by atoms with van der Waals surface area (Å²) < 4.78 is 5.75. The molecule has 0 radical (unpaired) electrons. The van der Waals surface area contributed by atoms with Crippen LogP contribution in [0.3, 0.4) is 0 Å². The zero-order valence-corrected chi connectivity index (χ0v) is 10.8. The smallest absolute Gasteiger partial charge is 0.194 e. The van der Waals surface area contributed by atoms with E-state index in [1.165, 1.54) is 0 Å². The van der Waals surface area contributed by atoms with Gasteiger partial charge in [0.1, 0.15) is 5.60 Å². The number of rotatable bonds is 4. The van der Waals surface area contributed by atoms with Crippen LogP contribution in [0, 0.1) is 0 Å². The molecule has 2 nitrogen and oxygen atoms in total. The summed E-state index contributed by atoms with van der Waals surface area (Å²) >= 11 is 5.83. The number of ether oxygens (including phenoxy) is 1. The average molecular weight is 253 g/mol. The number of hydrogen-bond acceptors (Lipinski definition) is 2. The molecule has 0 aromatic heterocycles. The van der Waals surface area contributed by atoms with Crippen molar-refractivity contribution in [1.29, 1.82) is 0 Å². The minimum atomic E-state index is -0.581. The highest BCUT2D eigenvalue weighted by Crippen LogP contribution is 2.36. The van der Waals surface area contributed by atoms with Gasteiger partial charge in [0.2, 0.25) is 0 Å². The summed E-state index contributed by atoms with van der Waals surface area (Å²) in [6, 6.07) is 7.07. The molecule has 1 aliphatic carbocycles. The van der Waals surface area contributed by atoms with Gasteiger partial charge in [0.15, 0.2) is 5.78 Å². The molecule has 17 heavy (non-hydrogen) atoms. The van der Waals surface area contributed by atoms with Gasteiger partial charge >= 0.3 is 0 Å². The third kappa shape index (κ3) is 2.53. The molecule has 1 saturated carbocycles. The molecule has 0 atom stereocenters. The Labute approximate surface area is 107 Å². The number of benzene rings is 1. The fourth-order valence-corrected chi connectivity index (χ4v) is 2.65. The van der Waals surface area contributed by atoms with Gasteiger partial charge in [0.05, 0.1) is 0 Å². The lowest BCUT2D eigenvalue weighted by Crippen LogP contribution is -2.38. The molecule has 1 fully saturated rings. The summed E-state index contributed by atoms with van der Waals surface area (Å²) in [4.78, 5) is 12.5. The van der Waals surface area contributed by atoms with Crippen molar-refractivity contribution in [3.63, 3.8) is 0 Å². The third-order valence-corrected chi connectivity index (χ3v) is 3.60. The van der Waals surface area contributed by atoms with E-state index < -0.39 is 5.60 Å². The first-order valence-electron chi connectivity index (χ1n) is 6.12. The van der Waals surface area contributed by atoms with Crippen LogP contribution in [0.5, 0.6) is 0 Å². The standard InChI is InChI=1S/C14H17ClO2/c1-2-17-14(9-3-4-10-14)13(16)11-5-7-12(15)8-6-11/h5-8H,2-4,9-10H2,1H3. The average Bonchev–Trinajstić information content (AvgIpc) is 2.79. The molecule has 1 aromatic rings. The van der Waals surface area contributed by atoms with E-state index in [0.717, 1.165) is 25.7 Å². The van der Waals surface area contributed by atoms with Gasteiger partial charge in [0.25, 0.3) is 0 Å². The van der Waals surface area contributed by atoms with Crippen molar-refractivity contribution in [2.45, 2.75) is 38.2 Å². The molecule has 0 saturated heterocycles. The van der Waals surface area contributed by atoms with E-state index in [1.54, 1.807) is 24.3 Å². The Balaban J connectivity index is 2.25. The van der Waals surface area contributed by atoms with E-state index in [-0.39, 0.29) is 5.78 Å². The van der Waals surface area contributed by atoms with Gasteiger partial charge in [0, 0.05) is 17.2 Å². The van der Waals surface area contributed by atoms with Gasteiger partial charge < -0.3 is 4.74 Å². The normalized spacial score (nSPS) is 18.2. The first-order chi connectivity index (χ1) is 8.18. The molecular weight excluding hydrogens is 236 g/mol. The molecule has 0 spiro atoms. The fourth-order valence-electron chi connectivity index (χ4n) is 2.52. The van der Waals surface area contributed by atoms with E-state index in [0.29, 0.717) is 17.2 Å². The maximum atomic E-state index is 12.5. The molecule has 2 rings (SSSR count). The van der Waals surface area contributed by atoms with Crippen molar-refractivity contribution in [3.8, 4) is 0 Å². The molecule has 92 valence electrons. The Hall–Kier alpha value is -0.860. The minimum Gasteiger partial charge on any atom is -0.367 e. The second kappa shape index (κ2) is 5.19. The quantitative estimate of drug-likeness (QED) is 0.761. The maximum Gasteiger partial charge on any atom is 0.194 e. The van der Waals surface area contributed by atoms with Gasteiger partial charge in [-0.25, -0.2) is 0 Å². The van der Waals surface area contributed by atoms with E-state index in [9.17, 15) is 4.79 Å². The van der Waals surface area contributed by atoms with Crippen LogP contribution in [0.25, 0.3) is 0 Å². The van der Waals surface area contributed by atoms with Gasteiger partial charge in [-0.05, 0) is 56.9 Å². The lowest BCUT2D eigenvalue weighted by molar-refractivity contribution is -0.0163. The molecule has 0 bridgehead atoms. The summed E-state index contributed by atoms with van der Waals surface area (Å²) in [5.41, 5.74) is 0.118. The van der Waals surface area contributed by atoms with E-state index in [1.807, 2.05) is 6.92 Å². The van der Waals surface area contributed by atoms with E-state index in [4.69, 9.17) is 16.3 Å². The zero-order chi connectivity index (χ0) is 12.3. The molecular formula is C14H17ClO2. The largest absolute Gasteiger partial charge is 0.367 e. The predicted octanol–water partition coefficient (Wildman–Crippen LogP) is 3.87. The Morgan fingerprint density at radius 1 is 1.29 bits per heavy atom. The summed E-state index contributed by atoms with van der Waals surface area (Å²) in [6.45, 7) is 2.52. The lowest BCUT2D eigenvalue weighted by Gasteiger charge is -2.27. The van der Waals surface area contributed by atoms with Gasteiger partial charge in [-0.2, -0.15) is 0 Å². The van der Waals surface area contributed by atoms with Gasteiger partial charge in [-0.15, -0.1) is 0 Å². The lowest BCUT2D eigenvalue weighted by atomic mass is 9.91. The molecule has 0 N–H and O–H groups in total. The summed E-state index contributed by atoms with van der Waals surface area (Å²) in [5, 5.41) is 0.651. The van der Waals surface area contributed by atoms with Crippen LogP contribution < -0.4 is 0 Å². The number of carbonyl (C=O) groups excluding carboxylic acids is 1. The molecule has 3 heteroatoms. The second-order valence-electron chi connectivity index (χ2n) is 4.47. The van der Waals surface area contributed by atoms with Crippen molar-refractivity contribution in [3.05, 3.63) is 34.9 Å². The molecule has 1 aromatic carbocycles. The minimum absolute atomic E-state index is 0.105. The topological polar surface area (TPSA) is 26.3 Å². The maximum absolute atomic E-state index is 12.5. The summed E-state index contributed by atoms with van der Waals surface area (Å²) in [6.07, 6.45) is 3.81. The third-order valence-electron chi connectivity index (χ3n) is 3.35. The van der Waals surface area contributed by atoms with Crippen LogP contribution in [0.2, 0.25) is 5.02 Å². The molecule has 0 aliphatic heterocycles. The molecule has 1 aliphatic rings. The Bertz CT molecular complexity index is 391. The molecule has 0 amide bonds. The Morgan fingerprint density at radius 2 is 1.88 bits per heavy atom. The Kier molecular flexibility index (Phi) is 3.85. The second-order valence-corrected chi connectivity index (χ2v) is 4.91. The number of halogens is 1. The first-order valence-corrected chi connectivity index (χ1v) is 6.50. The van der Waals surface area contributed by atoms with Crippen molar-refractivity contribution in [1.82, 2.24) is 0 Å². The van der Waals surface area contributed by atoms with Crippen molar-refractivity contribution < 1.29 is 9.53 Å². The monoisotopic (exact) mass is 252 g/mol. The van der Waals surface area contributed by atoms with Crippen molar-refractivity contribution in [2.24, 2.45) is 0 Å². The van der Waals surface area contributed by atoms with Crippen LogP contribution in [0.4, 0.5) is 0 Å². The molecule has 0 heterocycles. The summed E-state index contributed by atoms with van der Waals surface area (Å²) in [7, 11) is 0. The van der Waals surface area contributed by atoms with E-state index in [2.05, 4.69) is 0 Å². The Morgan fingerprint density at radius 3 is 2.41 bits per heavy atom. The number of ketones is 1. The van der Waals surface area contributed by atoms with Crippen molar-refractivity contribution in [2.75, 3.05) is 6.61 Å². The van der Waals surface area contributed by atoms with Crippen LogP contribution >= 0.6 is 11.6 Å². The van der Waals surface area contributed by atoms with Crippen LogP contribution in [-0.2, 0) is 4.74 Å². The number of carbonyl (C=O) groups is 1. The predicted molar refractivity (Wildman–Crippen MR) is 68.6 cm³/mol. The van der Waals surface area contributed by atoms with Gasteiger partial charge in [-0.3, -0.25) is 4.79 Å². The van der Waals surface area contributed by atoms with E-state index >= 15 is 0 Å². The van der Waals surface area contributed by atoms with Crippen LogP contribution in [-0.4, -0.2) is 18.0 Å². The fraction of sp³-hybridized carbons (Fsp3) is 0.500. The summed E-state index contributed by atoms with van der Waals surface area (Å²) in [5.74, 6) is 0.105. The highest BCUT2D eigenvalue weighted by atomic mass is 35.5. The van der Waals surface area contributed by atoms with Crippen LogP contribution in [0.15, 0.2) is 24.3 Å². The number of hydrogen-bond donors (Lipinski definition) is 0. The first kappa shape index (κ1) is 12.6. The zero-order valence-electron chi connectivity index (χ0n) is 10.0. The molecule has 0 unspecified atom stereocenters. The SMILES string of the molecule is CCOC1(C(=O)c2ccc(Cl)cc2)CCCC1. The van der Waals surface area contributed by atoms with Gasteiger partial charge in [-0.1, -0.05) is 11.6 Å². The van der Waals surface area contributed by atoms with Crippen molar-refractivity contribution >= 4 is 17.4 Å².